The van der Waals surface area contributed by atoms with Crippen molar-refractivity contribution in [2.45, 2.75) is 19.1 Å². The number of nitrogens with one attached hydrogen (secondary N) is 1. The Hall–Kier alpha value is -0.320. The fourth-order valence-electron chi connectivity index (χ4n) is 0.460. The minimum absolute atomic E-state index is 0.579. The molecule has 0 spiro atoms. The number of hydrogen-bond acceptors (Lipinski definition) is 4. The first-order valence-corrected chi connectivity index (χ1v) is 3.13. The molecule has 0 radical (unpaired) electrons. The van der Waals surface area contributed by atoms with Gasteiger partial charge in [0.1, 0.15) is 6.04 Å². The third-order valence-corrected chi connectivity index (χ3v) is 1.29. The Morgan fingerprint density at radius 3 is 2.40 bits per heavy atom. The molecule has 60 valence electrons. The number of aliphatic hydroxyl groups excluding tert-OH is 1. The van der Waals surface area contributed by atoms with E-state index < -0.39 is 18.1 Å². The predicted octanol–water partition coefficient (Wildman–Crippen LogP) is -0.348. The summed E-state index contributed by atoms with van der Waals surface area (Å²) in [5.41, 5.74) is 0. The fraction of sp³-hybridized carbons (Fsp3) is 0.800. The quantitative estimate of drug-likeness (QED) is 0.446. The summed E-state index contributed by atoms with van der Waals surface area (Å²) in [4.78, 5) is 12.8. The largest absolute Gasteiger partial charge is 0.468 e. The SMILES string of the molecule is COC(=O)[C@H](NCl)[C@H](C)O. The minimum atomic E-state index is -0.857. The number of hydrogen-bond donors (Lipinski definition) is 2. The van der Waals surface area contributed by atoms with Crippen molar-refractivity contribution in [3.8, 4) is 0 Å². The summed E-state index contributed by atoms with van der Waals surface area (Å²) in [7, 11) is 1.23. The highest BCUT2D eigenvalue weighted by atomic mass is 35.5. The Morgan fingerprint density at radius 2 is 2.30 bits per heavy atom. The maximum atomic E-state index is 10.7. The molecule has 2 atom stereocenters. The van der Waals surface area contributed by atoms with Crippen LogP contribution in [-0.4, -0.2) is 30.3 Å². The van der Waals surface area contributed by atoms with Gasteiger partial charge in [-0.25, -0.2) is 4.84 Å². The molecule has 10 heavy (non-hydrogen) atoms. The number of ether oxygens (including phenoxy) is 1. The van der Waals surface area contributed by atoms with Gasteiger partial charge in [-0.2, -0.15) is 0 Å². The van der Waals surface area contributed by atoms with Crippen molar-refractivity contribution < 1.29 is 14.6 Å². The summed E-state index contributed by atoms with van der Waals surface area (Å²) >= 11 is 5.13. The molecular formula is C5H10ClNO3. The number of aliphatic hydroxyl groups is 1. The summed E-state index contributed by atoms with van der Waals surface area (Å²) < 4.78 is 4.32. The molecule has 0 aromatic rings. The molecule has 4 nitrogen and oxygen atoms in total. The van der Waals surface area contributed by atoms with E-state index in [1.54, 1.807) is 0 Å². The first kappa shape index (κ1) is 9.68. The normalized spacial score (nSPS) is 16.0. The summed E-state index contributed by atoms with van der Waals surface area (Å²) in [6.07, 6.45) is -0.857. The second-order valence-corrected chi connectivity index (χ2v) is 2.07. The van der Waals surface area contributed by atoms with Gasteiger partial charge in [0.2, 0.25) is 0 Å². The number of halogens is 1. The van der Waals surface area contributed by atoms with Crippen LogP contribution < -0.4 is 4.84 Å². The molecule has 0 saturated heterocycles. The highest BCUT2D eigenvalue weighted by molar-refractivity contribution is 6.14. The van der Waals surface area contributed by atoms with Gasteiger partial charge < -0.3 is 9.84 Å². The third-order valence-electron chi connectivity index (χ3n) is 1.06. The average molecular weight is 168 g/mol. The van der Waals surface area contributed by atoms with Crippen LogP contribution in [-0.2, 0) is 9.53 Å². The van der Waals surface area contributed by atoms with E-state index in [1.165, 1.54) is 14.0 Å². The van der Waals surface area contributed by atoms with Gasteiger partial charge in [-0.15, -0.1) is 0 Å². The lowest BCUT2D eigenvalue weighted by atomic mass is 10.2. The predicted molar refractivity (Wildman–Crippen MR) is 36.5 cm³/mol. The lowest BCUT2D eigenvalue weighted by molar-refractivity contribution is -0.145. The maximum absolute atomic E-state index is 10.7. The zero-order valence-electron chi connectivity index (χ0n) is 5.80. The van der Waals surface area contributed by atoms with Crippen LogP contribution in [0.15, 0.2) is 0 Å². The van der Waals surface area contributed by atoms with Crippen LogP contribution in [0.25, 0.3) is 0 Å². The molecule has 0 aromatic carbocycles. The van der Waals surface area contributed by atoms with E-state index in [4.69, 9.17) is 16.9 Å². The molecular weight excluding hydrogens is 158 g/mol. The van der Waals surface area contributed by atoms with Crippen molar-refractivity contribution in [3.63, 3.8) is 0 Å². The number of rotatable bonds is 3. The third kappa shape index (κ3) is 2.51. The van der Waals surface area contributed by atoms with E-state index in [1.807, 2.05) is 0 Å². The molecule has 0 rings (SSSR count). The number of carbonyl (C=O) groups is 1. The Balaban J connectivity index is 3.93. The smallest absolute Gasteiger partial charge is 0.326 e. The van der Waals surface area contributed by atoms with E-state index in [0.717, 1.165) is 0 Å². The summed E-state index contributed by atoms with van der Waals surface area (Å²) in [6, 6.07) is -0.855. The number of esters is 1. The molecule has 0 fully saturated rings. The molecule has 0 amide bonds. The van der Waals surface area contributed by atoms with Crippen LogP contribution >= 0.6 is 11.8 Å². The molecule has 0 aliphatic rings. The van der Waals surface area contributed by atoms with Crippen LogP contribution in [0.5, 0.6) is 0 Å². The molecule has 5 heteroatoms. The average Bonchev–Trinajstić information content (AvgIpc) is 1.88. The standard InChI is InChI=1S/C5H10ClNO3/c1-3(8)4(7-6)5(9)10-2/h3-4,7-8H,1-2H3/t3-,4+/m0/s1. The molecule has 2 N–H and O–H groups in total. The molecule has 0 aromatic heterocycles. The van der Waals surface area contributed by atoms with Crippen molar-refractivity contribution >= 4 is 17.7 Å². The second-order valence-electron chi connectivity index (χ2n) is 1.85. The second kappa shape index (κ2) is 4.49. The fourth-order valence-corrected chi connectivity index (χ4v) is 0.731. The summed E-state index contributed by atoms with van der Waals surface area (Å²) in [5, 5.41) is 8.87. The van der Waals surface area contributed by atoms with Gasteiger partial charge in [0.25, 0.3) is 0 Å². The lowest BCUT2D eigenvalue weighted by Gasteiger charge is -2.13. The summed E-state index contributed by atoms with van der Waals surface area (Å²) in [5.74, 6) is -0.579. The van der Waals surface area contributed by atoms with Gasteiger partial charge in [-0.05, 0) is 18.7 Å². The Kier molecular flexibility index (Phi) is 4.34. The van der Waals surface area contributed by atoms with Gasteiger partial charge in [-0.1, -0.05) is 0 Å². The van der Waals surface area contributed by atoms with Crippen molar-refractivity contribution in [1.29, 1.82) is 0 Å². The van der Waals surface area contributed by atoms with Gasteiger partial charge in [0, 0.05) is 0 Å². The number of methoxy groups -OCH3 is 1. The first-order chi connectivity index (χ1) is 4.63. The molecule has 0 saturated carbocycles. The van der Waals surface area contributed by atoms with Crippen molar-refractivity contribution in [2.75, 3.05) is 7.11 Å². The van der Waals surface area contributed by atoms with Crippen LogP contribution in [0.3, 0.4) is 0 Å². The van der Waals surface area contributed by atoms with E-state index in [0.29, 0.717) is 0 Å². The number of carbonyl (C=O) groups excluding carboxylic acids is 1. The zero-order chi connectivity index (χ0) is 8.15. The van der Waals surface area contributed by atoms with Gasteiger partial charge in [0.15, 0.2) is 0 Å². The van der Waals surface area contributed by atoms with E-state index in [-0.39, 0.29) is 0 Å². The molecule has 0 heterocycles. The highest BCUT2D eigenvalue weighted by Gasteiger charge is 2.22. The Morgan fingerprint density at radius 1 is 1.80 bits per heavy atom. The van der Waals surface area contributed by atoms with E-state index in [2.05, 4.69) is 9.57 Å². The van der Waals surface area contributed by atoms with Crippen LogP contribution in [0.2, 0.25) is 0 Å². The van der Waals surface area contributed by atoms with E-state index >= 15 is 0 Å². The first-order valence-electron chi connectivity index (χ1n) is 2.75. The van der Waals surface area contributed by atoms with Gasteiger partial charge in [0.05, 0.1) is 13.2 Å². The van der Waals surface area contributed by atoms with Crippen LogP contribution in [0.1, 0.15) is 6.92 Å². The monoisotopic (exact) mass is 167 g/mol. The van der Waals surface area contributed by atoms with Crippen molar-refractivity contribution in [1.82, 2.24) is 4.84 Å². The van der Waals surface area contributed by atoms with Crippen molar-refractivity contribution in [2.24, 2.45) is 0 Å². The van der Waals surface area contributed by atoms with Crippen LogP contribution in [0, 0.1) is 0 Å². The summed E-state index contributed by atoms with van der Waals surface area (Å²) in [6.45, 7) is 1.44. The Labute approximate surface area is 64.2 Å². The molecule has 0 bridgehead atoms. The van der Waals surface area contributed by atoms with Crippen molar-refractivity contribution in [3.05, 3.63) is 0 Å². The lowest BCUT2D eigenvalue weighted by Crippen LogP contribution is -2.41. The van der Waals surface area contributed by atoms with Gasteiger partial charge >= 0.3 is 5.97 Å². The van der Waals surface area contributed by atoms with E-state index in [9.17, 15) is 4.79 Å². The molecule has 0 unspecified atom stereocenters. The molecule has 0 aliphatic carbocycles. The highest BCUT2D eigenvalue weighted by Crippen LogP contribution is 1.95. The van der Waals surface area contributed by atoms with Crippen LogP contribution in [0.4, 0.5) is 0 Å². The molecule has 0 aliphatic heterocycles. The van der Waals surface area contributed by atoms with Gasteiger partial charge in [-0.3, -0.25) is 4.79 Å². The zero-order valence-corrected chi connectivity index (χ0v) is 6.55. The Bertz CT molecular complexity index is 117. The maximum Gasteiger partial charge on any atom is 0.326 e. The minimum Gasteiger partial charge on any atom is -0.468 e. The topological polar surface area (TPSA) is 58.6 Å².